The average molecular weight is 253 g/mol. The summed E-state index contributed by atoms with van der Waals surface area (Å²) in [6.45, 7) is 9.17. The van der Waals surface area contributed by atoms with Crippen LogP contribution >= 0.6 is 0 Å². The summed E-state index contributed by atoms with van der Waals surface area (Å²) >= 11 is 0. The first-order valence-corrected chi connectivity index (χ1v) is 6.13. The zero-order chi connectivity index (χ0) is 14.1. The summed E-state index contributed by atoms with van der Waals surface area (Å²) in [5.74, 6) is -0.230. The number of nitrogens with two attached hydrogens (primary N) is 1. The summed E-state index contributed by atoms with van der Waals surface area (Å²) in [7, 11) is 0. The summed E-state index contributed by atoms with van der Waals surface area (Å²) in [5, 5.41) is 12.4. The van der Waals surface area contributed by atoms with Crippen molar-refractivity contribution in [3.05, 3.63) is 18.0 Å². The lowest BCUT2D eigenvalue weighted by atomic mass is 9.98. The van der Waals surface area contributed by atoms with E-state index in [1.165, 1.54) is 0 Å². The van der Waals surface area contributed by atoms with Gasteiger partial charge >= 0.3 is 0 Å². The van der Waals surface area contributed by atoms with Crippen LogP contribution in [0.1, 0.15) is 51.1 Å². The third-order valence-electron chi connectivity index (χ3n) is 3.14. The number of amides is 1. The van der Waals surface area contributed by atoms with E-state index in [1.807, 2.05) is 18.4 Å². The van der Waals surface area contributed by atoms with Crippen molar-refractivity contribution in [2.24, 2.45) is 0 Å². The third kappa shape index (κ3) is 3.04. The number of aromatic nitrogens is 1. The molecule has 0 saturated heterocycles. The molecule has 1 unspecified atom stereocenters. The predicted molar refractivity (Wildman–Crippen MR) is 72.5 cm³/mol. The number of carbonyl (C=O) groups is 1. The molecule has 0 aliphatic heterocycles. The molecule has 0 spiro atoms. The highest BCUT2D eigenvalue weighted by molar-refractivity contribution is 5.94. The van der Waals surface area contributed by atoms with Gasteiger partial charge in [0.25, 0.3) is 5.91 Å². The van der Waals surface area contributed by atoms with Gasteiger partial charge in [-0.05, 0) is 40.7 Å². The molecule has 0 radical (unpaired) electrons. The smallest absolute Gasteiger partial charge is 0.268 e. The second kappa shape index (κ2) is 5.02. The van der Waals surface area contributed by atoms with Crippen molar-refractivity contribution in [3.63, 3.8) is 0 Å². The number of hydrogen-bond acceptors (Lipinski definition) is 3. The molecule has 1 atom stereocenters. The van der Waals surface area contributed by atoms with Crippen molar-refractivity contribution < 1.29 is 9.90 Å². The maximum absolute atomic E-state index is 12.2. The van der Waals surface area contributed by atoms with Gasteiger partial charge in [-0.3, -0.25) is 4.79 Å². The normalized spacial score (nSPS) is 13.7. The molecule has 4 N–H and O–H groups in total. The van der Waals surface area contributed by atoms with Gasteiger partial charge < -0.3 is 20.7 Å². The van der Waals surface area contributed by atoms with Crippen LogP contribution in [0.5, 0.6) is 0 Å². The molecular formula is C13H23N3O2. The minimum Gasteiger partial charge on any atom is -0.397 e. The van der Waals surface area contributed by atoms with E-state index in [9.17, 15) is 9.90 Å². The molecule has 1 amide bonds. The molecule has 1 heterocycles. The minimum atomic E-state index is -0.683. The SMILES string of the molecule is CC(C)n1cc(N)cc1C(=O)NC(C)(C)C(C)O. The van der Waals surface area contributed by atoms with E-state index in [-0.39, 0.29) is 11.9 Å². The second-order valence-corrected chi connectivity index (χ2v) is 5.51. The monoisotopic (exact) mass is 253 g/mol. The lowest BCUT2D eigenvalue weighted by molar-refractivity contribution is 0.0701. The Labute approximate surface area is 108 Å². The number of rotatable bonds is 4. The number of nitrogens with one attached hydrogen (secondary N) is 1. The molecule has 1 aromatic heterocycles. The van der Waals surface area contributed by atoms with Crippen LogP contribution in [0, 0.1) is 0 Å². The van der Waals surface area contributed by atoms with Crippen molar-refractivity contribution in [1.82, 2.24) is 9.88 Å². The lowest BCUT2D eigenvalue weighted by Crippen LogP contribution is -2.51. The quantitative estimate of drug-likeness (QED) is 0.761. The fraction of sp³-hybridized carbons (Fsp3) is 0.615. The van der Waals surface area contributed by atoms with E-state index in [1.54, 1.807) is 33.0 Å². The van der Waals surface area contributed by atoms with Crippen molar-refractivity contribution in [3.8, 4) is 0 Å². The standard InChI is InChI=1S/C13H23N3O2/c1-8(2)16-7-10(14)6-11(16)12(18)15-13(4,5)9(3)17/h6-9,17H,14H2,1-5H3,(H,15,18). The number of anilines is 1. The van der Waals surface area contributed by atoms with Crippen molar-refractivity contribution >= 4 is 11.6 Å². The van der Waals surface area contributed by atoms with Gasteiger partial charge in [-0.1, -0.05) is 0 Å². The Morgan fingerprint density at radius 3 is 2.44 bits per heavy atom. The largest absolute Gasteiger partial charge is 0.397 e. The van der Waals surface area contributed by atoms with Crippen LogP contribution < -0.4 is 11.1 Å². The Balaban J connectivity index is 2.98. The zero-order valence-electron chi connectivity index (χ0n) is 11.7. The van der Waals surface area contributed by atoms with Gasteiger partial charge in [0.15, 0.2) is 0 Å². The molecule has 0 bridgehead atoms. The topological polar surface area (TPSA) is 80.3 Å². The van der Waals surface area contributed by atoms with Gasteiger partial charge in [0, 0.05) is 12.2 Å². The number of aliphatic hydroxyl groups is 1. The van der Waals surface area contributed by atoms with Crippen LogP contribution in [0.4, 0.5) is 5.69 Å². The van der Waals surface area contributed by atoms with E-state index in [0.29, 0.717) is 11.4 Å². The van der Waals surface area contributed by atoms with Gasteiger partial charge in [-0.2, -0.15) is 0 Å². The maximum Gasteiger partial charge on any atom is 0.268 e. The summed E-state index contributed by atoms with van der Waals surface area (Å²) in [6.07, 6.45) is 1.11. The van der Waals surface area contributed by atoms with Gasteiger partial charge in [-0.25, -0.2) is 0 Å². The first-order valence-electron chi connectivity index (χ1n) is 6.13. The summed E-state index contributed by atoms with van der Waals surface area (Å²) < 4.78 is 1.82. The van der Waals surface area contributed by atoms with Crippen LogP contribution in [-0.2, 0) is 0 Å². The first-order chi connectivity index (χ1) is 8.15. The molecule has 102 valence electrons. The Bertz CT molecular complexity index is 433. The predicted octanol–water partition coefficient (Wildman–Crippen LogP) is 1.54. The molecule has 18 heavy (non-hydrogen) atoms. The van der Waals surface area contributed by atoms with Crippen LogP contribution in [0.25, 0.3) is 0 Å². The van der Waals surface area contributed by atoms with Crippen LogP contribution in [-0.4, -0.2) is 27.2 Å². The summed E-state index contributed by atoms with van der Waals surface area (Å²) in [6, 6.07) is 1.80. The highest BCUT2D eigenvalue weighted by Crippen LogP contribution is 2.18. The van der Waals surface area contributed by atoms with Gasteiger partial charge in [-0.15, -0.1) is 0 Å². The molecular weight excluding hydrogens is 230 g/mol. The maximum atomic E-state index is 12.2. The molecule has 1 aromatic rings. The fourth-order valence-electron chi connectivity index (χ4n) is 1.57. The number of aliphatic hydroxyl groups excluding tert-OH is 1. The van der Waals surface area contributed by atoms with Gasteiger partial charge in [0.05, 0.1) is 17.3 Å². The lowest BCUT2D eigenvalue weighted by Gasteiger charge is -2.29. The Kier molecular flexibility index (Phi) is 4.06. The van der Waals surface area contributed by atoms with Crippen LogP contribution in [0.15, 0.2) is 12.3 Å². The third-order valence-corrected chi connectivity index (χ3v) is 3.14. The molecule has 0 aromatic carbocycles. The summed E-state index contributed by atoms with van der Waals surface area (Å²) in [5.41, 5.74) is 6.12. The first kappa shape index (κ1) is 14.6. The Morgan fingerprint density at radius 1 is 1.44 bits per heavy atom. The highest BCUT2D eigenvalue weighted by Gasteiger charge is 2.28. The molecule has 0 saturated carbocycles. The minimum absolute atomic E-state index is 0.151. The van der Waals surface area contributed by atoms with Crippen molar-refractivity contribution in [2.75, 3.05) is 5.73 Å². The van der Waals surface area contributed by atoms with Gasteiger partial charge in [0.2, 0.25) is 0 Å². The molecule has 0 aliphatic rings. The number of nitrogen functional groups attached to an aromatic ring is 1. The Morgan fingerprint density at radius 2 is 2.00 bits per heavy atom. The van der Waals surface area contributed by atoms with E-state index < -0.39 is 11.6 Å². The second-order valence-electron chi connectivity index (χ2n) is 5.51. The van der Waals surface area contributed by atoms with Crippen molar-refractivity contribution in [2.45, 2.75) is 52.3 Å². The summed E-state index contributed by atoms with van der Waals surface area (Å²) in [4.78, 5) is 12.2. The van der Waals surface area contributed by atoms with Crippen LogP contribution in [0.2, 0.25) is 0 Å². The van der Waals surface area contributed by atoms with E-state index in [4.69, 9.17) is 5.73 Å². The number of hydrogen-bond donors (Lipinski definition) is 3. The molecule has 1 rings (SSSR count). The highest BCUT2D eigenvalue weighted by atomic mass is 16.3. The van der Waals surface area contributed by atoms with Crippen molar-refractivity contribution in [1.29, 1.82) is 0 Å². The number of carbonyl (C=O) groups excluding carboxylic acids is 1. The molecule has 0 fully saturated rings. The molecule has 5 heteroatoms. The van der Waals surface area contributed by atoms with Crippen LogP contribution in [0.3, 0.4) is 0 Å². The van der Waals surface area contributed by atoms with Gasteiger partial charge in [0.1, 0.15) is 5.69 Å². The average Bonchev–Trinajstić information content (AvgIpc) is 2.59. The molecule has 0 aliphatic carbocycles. The molecule has 5 nitrogen and oxygen atoms in total. The van der Waals surface area contributed by atoms with E-state index in [2.05, 4.69) is 5.32 Å². The van der Waals surface area contributed by atoms with E-state index >= 15 is 0 Å². The number of nitrogens with zero attached hydrogens (tertiary/aromatic N) is 1. The Hall–Kier alpha value is -1.49. The van der Waals surface area contributed by atoms with E-state index in [0.717, 1.165) is 0 Å². The fourth-order valence-corrected chi connectivity index (χ4v) is 1.57. The zero-order valence-corrected chi connectivity index (χ0v) is 11.7.